The van der Waals surface area contributed by atoms with Crippen LogP contribution in [0.3, 0.4) is 0 Å². The molecule has 0 N–H and O–H groups in total. The van der Waals surface area contributed by atoms with Crippen molar-refractivity contribution in [1.29, 1.82) is 0 Å². The maximum Gasteiger partial charge on any atom is 0.414 e. The summed E-state index contributed by atoms with van der Waals surface area (Å²) in [6.07, 6.45) is -0.502. The molecule has 31 heavy (non-hydrogen) atoms. The second-order valence-electron chi connectivity index (χ2n) is 8.27. The van der Waals surface area contributed by atoms with Crippen LogP contribution < -0.4 is 9.80 Å². The lowest BCUT2D eigenvalue weighted by molar-refractivity contribution is 0.0742. The van der Waals surface area contributed by atoms with Gasteiger partial charge in [-0.2, -0.15) is 0 Å². The zero-order chi connectivity index (χ0) is 22.3. The molecule has 0 spiro atoms. The van der Waals surface area contributed by atoms with Crippen LogP contribution in [0.15, 0.2) is 24.3 Å². The highest BCUT2D eigenvalue weighted by Gasteiger charge is 2.32. The number of piperazine rings is 1. The third-order valence-electron chi connectivity index (χ3n) is 6.04. The SMILES string of the molecule is Cc1cc(C)c(N2CCN(C(=O)c3ccc(N4C(=O)OC[C@H]4C)cc3F)CC2)nc1C. The number of halogens is 1. The smallest absolute Gasteiger partial charge is 0.414 e. The van der Waals surface area contributed by atoms with Crippen LogP contribution in [0.5, 0.6) is 0 Å². The van der Waals surface area contributed by atoms with E-state index in [1.807, 2.05) is 27.7 Å². The van der Waals surface area contributed by atoms with Crippen LogP contribution in [-0.2, 0) is 4.74 Å². The van der Waals surface area contributed by atoms with Crippen molar-refractivity contribution in [1.82, 2.24) is 9.88 Å². The van der Waals surface area contributed by atoms with Crippen molar-refractivity contribution < 1.29 is 18.7 Å². The number of anilines is 2. The first-order chi connectivity index (χ1) is 14.8. The van der Waals surface area contributed by atoms with E-state index in [9.17, 15) is 14.0 Å². The van der Waals surface area contributed by atoms with Crippen LogP contribution >= 0.6 is 0 Å². The minimum atomic E-state index is -0.636. The first-order valence-electron chi connectivity index (χ1n) is 10.5. The molecule has 0 bridgehead atoms. The quantitative estimate of drug-likeness (QED) is 0.752. The molecule has 0 saturated carbocycles. The van der Waals surface area contributed by atoms with E-state index in [1.54, 1.807) is 11.0 Å². The molecule has 0 unspecified atom stereocenters. The topological polar surface area (TPSA) is 66.0 Å². The molecule has 2 aliphatic heterocycles. The first kappa shape index (κ1) is 21.1. The summed E-state index contributed by atoms with van der Waals surface area (Å²) in [6.45, 7) is 10.4. The van der Waals surface area contributed by atoms with Crippen molar-refractivity contribution in [2.45, 2.75) is 33.7 Å². The molecule has 3 heterocycles. The summed E-state index contributed by atoms with van der Waals surface area (Å²) < 4.78 is 19.8. The number of aromatic nitrogens is 1. The van der Waals surface area contributed by atoms with Crippen molar-refractivity contribution in [2.24, 2.45) is 0 Å². The Balaban J connectivity index is 1.45. The Labute approximate surface area is 181 Å². The molecule has 164 valence electrons. The molecule has 2 aromatic rings. The molecule has 2 saturated heterocycles. The number of ether oxygens (including phenoxy) is 1. The summed E-state index contributed by atoms with van der Waals surface area (Å²) >= 11 is 0. The third kappa shape index (κ3) is 3.94. The third-order valence-corrected chi connectivity index (χ3v) is 6.04. The fraction of sp³-hybridized carbons (Fsp3) is 0.435. The Morgan fingerprint density at radius 2 is 1.81 bits per heavy atom. The maximum atomic E-state index is 14.8. The van der Waals surface area contributed by atoms with Gasteiger partial charge in [0, 0.05) is 31.9 Å². The van der Waals surface area contributed by atoms with Gasteiger partial charge in [0.25, 0.3) is 5.91 Å². The van der Waals surface area contributed by atoms with E-state index in [0.717, 1.165) is 22.6 Å². The van der Waals surface area contributed by atoms with Crippen molar-refractivity contribution in [3.05, 3.63) is 52.5 Å². The molecular formula is C23H27FN4O3. The average Bonchev–Trinajstić information content (AvgIpc) is 3.08. The molecule has 1 aromatic carbocycles. The number of pyridine rings is 1. The molecule has 2 fully saturated rings. The zero-order valence-corrected chi connectivity index (χ0v) is 18.3. The highest BCUT2D eigenvalue weighted by Crippen LogP contribution is 2.26. The standard InChI is InChI=1S/C23H27FN4O3/c1-14-11-15(2)21(25-17(14)4)26-7-9-27(10-8-26)22(29)19-6-5-18(12-20(19)24)28-16(3)13-31-23(28)30/h5-6,11-12,16H,7-10,13H2,1-4H3/t16-/m1/s1. The predicted molar refractivity (Wildman–Crippen MR) is 116 cm³/mol. The van der Waals surface area contributed by atoms with Gasteiger partial charge >= 0.3 is 6.09 Å². The minimum Gasteiger partial charge on any atom is -0.447 e. The van der Waals surface area contributed by atoms with E-state index in [4.69, 9.17) is 9.72 Å². The molecular weight excluding hydrogens is 399 g/mol. The van der Waals surface area contributed by atoms with Crippen LogP contribution in [0.1, 0.15) is 34.1 Å². The normalized spacial score (nSPS) is 19.1. The van der Waals surface area contributed by atoms with Gasteiger partial charge in [0.1, 0.15) is 18.2 Å². The highest BCUT2D eigenvalue weighted by molar-refractivity contribution is 5.96. The molecule has 2 aliphatic rings. The van der Waals surface area contributed by atoms with Gasteiger partial charge in [-0.05, 0) is 57.0 Å². The predicted octanol–water partition coefficient (Wildman–Crippen LogP) is 3.45. The number of carbonyl (C=O) groups excluding carboxylic acids is 2. The zero-order valence-electron chi connectivity index (χ0n) is 18.3. The molecule has 4 rings (SSSR count). The second-order valence-corrected chi connectivity index (χ2v) is 8.27. The summed E-state index contributed by atoms with van der Waals surface area (Å²) in [5.41, 5.74) is 3.67. The molecule has 1 aromatic heterocycles. The summed E-state index contributed by atoms with van der Waals surface area (Å²) in [6, 6.07) is 6.23. The van der Waals surface area contributed by atoms with Gasteiger partial charge in [0.15, 0.2) is 0 Å². The van der Waals surface area contributed by atoms with E-state index < -0.39 is 11.9 Å². The molecule has 8 heteroatoms. The van der Waals surface area contributed by atoms with Crippen molar-refractivity contribution in [3.63, 3.8) is 0 Å². The van der Waals surface area contributed by atoms with E-state index in [2.05, 4.69) is 11.0 Å². The Kier molecular flexibility index (Phi) is 5.56. The Hall–Kier alpha value is -3.16. The maximum absolute atomic E-state index is 14.8. The summed E-state index contributed by atoms with van der Waals surface area (Å²) in [4.78, 5) is 34.8. The van der Waals surface area contributed by atoms with Gasteiger partial charge in [-0.25, -0.2) is 14.2 Å². The van der Waals surface area contributed by atoms with E-state index in [-0.39, 0.29) is 24.1 Å². The Morgan fingerprint density at radius 1 is 1.10 bits per heavy atom. The largest absolute Gasteiger partial charge is 0.447 e. The van der Waals surface area contributed by atoms with Crippen LogP contribution in [0.4, 0.5) is 20.7 Å². The van der Waals surface area contributed by atoms with Gasteiger partial charge in [-0.15, -0.1) is 0 Å². The van der Waals surface area contributed by atoms with Crippen LogP contribution in [-0.4, -0.2) is 60.7 Å². The summed E-state index contributed by atoms with van der Waals surface area (Å²) in [5, 5.41) is 0. The van der Waals surface area contributed by atoms with E-state index >= 15 is 0 Å². The van der Waals surface area contributed by atoms with Crippen molar-refractivity contribution in [3.8, 4) is 0 Å². The van der Waals surface area contributed by atoms with E-state index in [1.165, 1.54) is 17.0 Å². The minimum absolute atomic E-state index is 0.0119. The second kappa shape index (κ2) is 8.17. The lowest BCUT2D eigenvalue weighted by Crippen LogP contribution is -2.49. The number of amides is 2. The molecule has 0 radical (unpaired) electrons. The lowest BCUT2D eigenvalue weighted by atomic mass is 10.1. The molecule has 0 aliphatic carbocycles. The monoisotopic (exact) mass is 426 g/mol. The van der Waals surface area contributed by atoms with Crippen molar-refractivity contribution in [2.75, 3.05) is 42.6 Å². The molecule has 1 atom stereocenters. The van der Waals surface area contributed by atoms with Crippen LogP contribution in [0, 0.1) is 26.6 Å². The molecule has 2 amide bonds. The number of benzene rings is 1. The number of cyclic esters (lactones) is 1. The number of hydrogen-bond acceptors (Lipinski definition) is 5. The van der Waals surface area contributed by atoms with Gasteiger partial charge in [-0.3, -0.25) is 9.69 Å². The lowest BCUT2D eigenvalue weighted by Gasteiger charge is -2.36. The highest BCUT2D eigenvalue weighted by atomic mass is 19.1. The number of nitrogens with zero attached hydrogens (tertiary/aromatic N) is 4. The van der Waals surface area contributed by atoms with Gasteiger partial charge < -0.3 is 14.5 Å². The van der Waals surface area contributed by atoms with Crippen LogP contribution in [0.2, 0.25) is 0 Å². The average molecular weight is 426 g/mol. The van der Waals surface area contributed by atoms with Gasteiger partial charge in [-0.1, -0.05) is 6.07 Å². The van der Waals surface area contributed by atoms with Crippen LogP contribution in [0.25, 0.3) is 0 Å². The summed E-state index contributed by atoms with van der Waals surface area (Å²) in [7, 11) is 0. The number of aryl methyl sites for hydroxylation is 3. The fourth-order valence-electron chi connectivity index (χ4n) is 4.14. The number of carbonyl (C=O) groups is 2. The Morgan fingerprint density at radius 3 is 2.42 bits per heavy atom. The first-order valence-corrected chi connectivity index (χ1v) is 10.5. The number of rotatable bonds is 3. The summed E-state index contributed by atoms with van der Waals surface area (Å²) in [5.74, 6) is -0.0358. The Bertz CT molecular complexity index is 1030. The van der Waals surface area contributed by atoms with Crippen molar-refractivity contribution >= 4 is 23.5 Å². The molecule has 7 nitrogen and oxygen atoms in total. The van der Waals surface area contributed by atoms with E-state index in [0.29, 0.717) is 31.9 Å². The number of hydrogen-bond donors (Lipinski definition) is 0. The van der Waals surface area contributed by atoms with Gasteiger partial charge in [0.05, 0.1) is 17.3 Å². The van der Waals surface area contributed by atoms with Gasteiger partial charge in [0.2, 0.25) is 0 Å². The fourth-order valence-corrected chi connectivity index (χ4v) is 4.14.